The number of carboxylic acid groups (broad SMARTS) is 1. The van der Waals surface area contributed by atoms with E-state index in [2.05, 4.69) is 6.07 Å². The van der Waals surface area contributed by atoms with Crippen LogP contribution in [0, 0.1) is 11.3 Å². The van der Waals surface area contributed by atoms with Gasteiger partial charge in [-0.2, -0.15) is 5.26 Å². The molecule has 0 aliphatic heterocycles. The standard InChI is InChI=1S/C23H20N2O5S/c24-16-19-11-9-18(10-12-19)13-14-30-21-6-4-5-20(15-21)25(17-23(26)27)31(28,29)22-7-2-1-3-8-22/h1-12,15H,13-14,17H2,(H,26,27). The highest BCUT2D eigenvalue weighted by molar-refractivity contribution is 7.92. The summed E-state index contributed by atoms with van der Waals surface area (Å²) in [6, 6.07) is 23.2. The van der Waals surface area contributed by atoms with Gasteiger partial charge in [0.2, 0.25) is 0 Å². The predicted molar refractivity (Wildman–Crippen MR) is 115 cm³/mol. The van der Waals surface area contributed by atoms with E-state index in [-0.39, 0.29) is 10.6 Å². The zero-order valence-corrected chi connectivity index (χ0v) is 17.3. The van der Waals surface area contributed by atoms with Crippen LogP contribution in [-0.4, -0.2) is 32.6 Å². The Hall–Kier alpha value is -3.83. The molecule has 3 rings (SSSR count). The predicted octanol–water partition coefficient (Wildman–Crippen LogP) is 3.46. The second-order valence-corrected chi connectivity index (χ2v) is 8.49. The maximum atomic E-state index is 13.0. The van der Waals surface area contributed by atoms with Crippen LogP contribution in [0.3, 0.4) is 0 Å². The number of carbonyl (C=O) groups is 1. The molecule has 0 aliphatic carbocycles. The Morgan fingerprint density at radius 1 is 1.00 bits per heavy atom. The maximum absolute atomic E-state index is 13.0. The lowest BCUT2D eigenvalue weighted by molar-refractivity contribution is -0.135. The van der Waals surface area contributed by atoms with Gasteiger partial charge in [0.1, 0.15) is 12.3 Å². The van der Waals surface area contributed by atoms with E-state index in [1.165, 1.54) is 24.3 Å². The molecule has 0 bridgehead atoms. The van der Waals surface area contributed by atoms with Crippen LogP contribution in [0.25, 0.3) is 0 Å². The average Bonchev–Trinajstić information content (AvgIpc) is 2.78. The number of carboxylic acids is 1. The molecule has 0 radical (unpaired) electrons. The van der Waals surface area contributed by atoms with Gasteiger partial charge in [-0.15, -0.1) is 0 Å². The van der Waals surface area contributed by atoms with Crippen molar-refractivity contribution in [2.24, 2.45) is 0 Å². The van der Waals surface area contributed by atoms with E-state index in [9.17, 15) is 18.3 Å². The number of anilines is 1. The summed E-state index contributed by atoms with van der Waals surface area (Å²) in [5.41, 5.74) is 1.77. The van der Waals surface area contributed by atoms with Gasteiger partial charge in [-0.25, -0.2) is 8.42 Å². The number of ether oxygens (including phenoxy) is 1. The van der Waals surface area contributed by atoms with Gasteiger partial charge in [-0.3, -0.25) is 9.10 Å². The highest BCUT2D eigenvalue weighted by atomic mass is 32.2. The molecule has 0 saturated heterocycles. The minimum absolute atomic E-state index is 0.00314. The summed E-state index contributed by atoms with van der Waals surface area (Å²) < 4.78 is 32.7. The van der Waals surface area contributed by atoms with Crippen molar-refractivity contribution in [3.05, 3.63) is 90.0 Å². The van der Waals surface area contributed by atoms with E-state index in [1.54, 1.807) is 42.5 Å². The zero-order valence-electron chi connectivity index (χ0n) is 16.5. The second kappa shape index (κ2) is 9.78. The van der Waals surface area contributed by atoms with Crippen molar-refractivity contribution in [2.75, 3.05) is 17.5 Å². The van der Waals surface area contributed by atoms with Crippen LogP contribution in [0.4, 0.5) is 5.69 Å². The molecule has 158 valence electrons. The lowest BCUT2D eigenvalue weighted by atomic mass is 10.1. The third kappa shape index (κ3) is 5.62. The number of nitrogens with zero attached hydrogens (tertiary/aromatic N) is 2. The van der Waals surface area contributed by atoms with Crippen molar-refractivity contribution in [1.82, 2.24) is 0 Å². The fourth-order valence-corrected chi connectivity index (χ4v) is 4.35. The lowest BCUT2D eigenvalue weighted by Gasteiger charge is -2.23. The second-order valence-electron chi connectivity index (χ2n) is 6.62. The molecule has 1 N–H and O–H groups in total. The molecule has 0 aromatic heterocycles. The number of rotatable bonds is 9. The van der Waals surface area contributed by atoms with Crippen LogP contribution in [0.2, 0.25) is 0 Å². The Morgan fingerprint density at radius 3 is 2.35 bits per heavy atom. The summed E-state index contributed by atoms with van der Waals surface area (Å²) in [6.07, 6.45) is 0.594. The number of nitriles is 1. The highest BCUT2D eigenvalue weighted by Gasteiger charge is 2.27. The summed E-state index contributed by atoms with van der Waals surface area (Å²) in [6.45, 7) is -0.383. The molecule has 0 spiro atoms. The van der Waals surface area contributed by atoms with Crippen LogP contribution < -0.4 is 9.04 Å². The number of hydrogen-bond donors (Lipinski definition) is 1. The van der Waals surface area contributed by atoms with Gasteiger partial charge in [0, 0.05) is 12.5 Å². The van der Waals surface area contributed by atoms with Crippen LogP contribution in [-0.2, 0) is 21.2 Å². The molecule has 0 fully saturated rings. The van der Waals surface area contributed by atoms with Gasteiger partial charge >= 0.3 is 5.97 Å². The molecule has 3 aromatic rings. The maximum Gasteiger partial charge on any atom is 0.324 e. The summed E-state index contributed by atoms with van der Waals surface area (Å²) in [4.78, 5) is 11.4. The van der Waals surface area contributed by atoms with Crippen LogP contribution in [0.5, 0.6) is 5.75 Å². The van der Waals surface area contributed by atoms with E-state index < -0.39 is 22.5 Å². The third-order valence-electron chi connectivity index (χ3n) is 4.46. The minimum atomic E-state index is -4.07. The first-order valence-corrected chi connectivity index (χ1v) is 10.9. The third-order valence-corrected chi connectivity index (χ3v) is 6.25. The van der Waals surface area contributed by atoms with E-state index in [4.69, 9.17) is 10.00 Å². The molecule has 31 heavy (non-hydrogen) atoms. The molecule has 0 aliphatic rings. The summed E-state index contributed by atoms with van der Waals surface area (Å²) >= 11 is 0. The number of benzene rings is 3. The molecule has 3 aromatic carbocycles. The Balaban J connectivity index is 1.78. The highest BCUT2D eigenvalue weighted by Crippen LogP contribution is 2.27. The largest absolute Gasteiger partial charge is 0.493 e. The Kier molecular flexibility index (Phi) is 6.90. The average molecular weight is 436 g/mol. The Morgan fingerprint density at radius 2 is 1.71 bits per heavy atom. The molecule has 0 heterocycles. The molecule has 8 heteroatoms. The first-order chi connectivity index (χ1) is 14.9. The normalized spacial score (nSPS) is 10.8. The quantitative estimate of drug-likeness (QED) is 0.550. The van der Waals surface area contributed by atoms with E-state index >= 15 is 0 Å². The fraction of sp³-hybridized carbons (Fsp3) is 0.130. The zero-order chi connectivity index (χ0) is 22.3. The molecule has 0 saturated carbocycles. The Labute approximate surface area is 180 Å². The molecule has 0 unspecified atom stereocenters. The van der Waals surface area contributed by atoms with Crippen LogP contribution in [0.15, 0.2) is 83.8 Å². The van der Waals surface area contributed by atoms with Gasteiger partial charge in [-0.05, 0) is 42.0 Å². The van der Waals surface area contributed by atoms with E-state index in [0.29, 0.717) is 24.3 Å². The van der Waals surface area contributed by atoms with Crippen molar-refractivity contribution < 1.29 is 23.1 Å². The van der Waals surface area contributed by atoms with E-state index in [0.717, 1.165) is 9.87 Å². The van der Waals surface area contributed by atoms with Gasteiger partial charge < -0.3 is 9.84 Å². The van der Waals surface area contributed by atoms with Crippen molar-refractivity contribution in [3.63, 3.8) is 0 Å². The molecule has 0 amide bonds. The molecule has 0 atom stereocenters. The Bertz CT molecular complexity index is 1190. The van der Waals surface area contributed by atoms with Crippen molar-refractivity contribution in [3.8, 4) is 11.8 Å². The first-order valence-electron chi connectivity index (χ1n) is 9.41. The van der Waals surface area contributed by atoms with Crippen molar-refractivity contribution in [2.45, 2.75) is 11.3 Å². The minimum Gasteiger partial charge on any atom is -0.493 e. The number of aliphatic carboxylic acids is 1. The van der Waals surface area contributed by atoms with Gasteiger partial charge in [0.15, 0.2) is 0 Å². The summed E-state index contributed by atoms with van der Waals surface area (Å²) in [7, 11) is -4.07. The number of sulfonamides is 1. The van der Waals surface area contributed by atoms with Gasteiger partial charge in [-0.1, -0.05) is 36.4 Å². The topological polar surface area (TPSA) is 108 Å². The van der Waals surface area contributed by atoms with Crippen LogP contribution in [0.1, 0.15) is 11.1 Å². The molecular weight excluding hydrogens is 416 g/mol. The van der Waals surface area contributed by atoms with Crippen LogP contribution >= 0.6 is 0 Å². The monoisotopic (exact) mass is 436 g/mol. The SMILES string of the molecule is N#Cc1ccc(CCOc2cccc(N(CC(=O)O)S(=O)(=O)c3ccccc3)c2)cc1. The summed E-state index contributed by atoms with van der Waals surface area (Å²) in [5, 5.41) is 18.1. The lowest BCUT2D eigenvalue weighted by Crippen LogP contribution is -2.35. The number of hydrogen-bond acceptors (Lipinski definition) is 5. The van der Waals surface area contributed by atoms with Crippen molar-refractivity contribution >= 4 is 21.7 Å². The fourth-order valence-electron chi connectivity index (χ4n) is 2.92. The van der Waals surface area contributed by atoms with Crippen molar-refractivity contribution in [1.29, 1.82) is 5.26 Å². The molecule has 7 nitrogen and oxygen atoms in total. The van der Waals surface area contributed by atoms with Gasteiger partial charge in [0.25, 0.3) is 10.0 Å². The summed E-state index contributed by atoms with van der Waals surface area (Å²) in [5.74, 6) is -0.851. The van der Waals surface area contributed by atoms with E-state index in [1.807, 2.05) is 12.1 Å². The first kappa shape index (κ1) is 21.9. The smallest absolute Gasteiger partial charge is 0.324 e. The van der Waals surface area contributed by atoms with Gasteiger partial charge in [0.05, 0.1) is 28.8 Å². The molecular formula is C23H20N2O5S.